The van der Waals surface area contributed by atoms with Crippen molar-refractivity contribution in [3.05, 3.63) is 65.5 Å². The lowest BCUT2D eigenvalue weighted by molar-refractivity contribution is -0.116. The summed E-state index contributed by atoms with van der Waals surface area (Å²) in [6.45, 7) is 3.15. The maximum Gasteiger partial charge on any atom is 0.254 e. The van der Waals surface area contributed by atoms with Crippen molar-refractivity contribution in [3.63, 3.8) is 0 Å². The van der Waals surface area contributed by atoms with E-state index in [1.165, 1.54) is 12.1 Å². The van der Waals surface area contributed by atoms with Gasteiger partial charge in [-0.2, -0.15) is 0 Å². The van der Waals surface area contributed by atoms with Gasteiger partial charge in [-0.05, 0) is 55.7 Å². The van der Waals surface area contributed by atoms with Gasteiger partial charge in [0.25, 0.3) is 5.91 Å². The highest BCUT2D eigenvalue weighted by atomic mass is 32.2. The number of carbonyl (C=O) groups is 2. The summed E-state index contributed by atoms with van der Waals surface area (Å²) in [4.78, 5) is 28.8. The average molecular weight is 384 g/mol. The molecule has 2 aliphatic heterocycles. The normalized spacial score (nSPS) is 19.0. The minimum Gasteiger partial charge on any atom is -0.338 e. The van der Waals surface area contributed by atoms with Crippen molar-refractivity contribution in [1.29, 1.82) is 0 Å². The van der Waals surface area contributed by atoms with Crippen LogP contribution in [-0.2, 0) is 4.79 Å². The number of likely N-dealkylation sites (tertiary alicyclic amines) is 1. The highest BCUT2D eigenvalue weighted by Gasteiger charge is 2.49. The van der Waals surface area contributed by atoms with E-state index in [1.807, 2.05) is 41.0 Å². The number of carbonyl (C=O) groups excluding carboxylic acids is 2. The van der Waals surface area contributed by atoms with Crippen LogP contribution in [0.25, 0.3) is 0 Å². The Labute approximate surface area is 162 Å². The quantitative estimate of drug-likeness (QED) is 0.790. The molecule has 2 aromatic carbocycles. The van der Waals surface area contributed by atoms with Crippen LogP contribution >= 0.6 is 11.8 Å². The molecule has 0 unspecified atom stereocenters. The molecule has 1 spiro atoms. The summed E-state index contributed by atoms with van der Waals surface area (Å²) in [5.74, 6) is 0.199. The van der Waals surface area contributed by atoms with Crippen LogP contribution in [0.4, 0.5) is 10.1 Å². The maximum absolute atomic E-state index is 13.3. The van der Waals surface area contributed by atoms with Crippen molar-refractivity contribution in [3.8, 4) is 0 Å². The Morgan fingerprint density at radius 1 is 1.07 bits per heavy atom. The number of halogens is 1. The fourth-order valence-corrected chi connectivity index (χ4v) is 5.26. The molecule has 2 aliphatic rings. The van der Waals surface area contributed by atoms with Crippen molar-refractivity contribution in [1.82, 2.24) is 4.90 Å². The van der Waals surface area contributed by atoms with Gasteiger partial charge < -0.3 is 4.90 Å². The Balaban J connectivity index is 1.53. The summed E-state index contributed by atoms with van der Waals surface area (Å²) < 4.78 is 13.3. The van der Waals surface area contributed by atoms with Gasteiger partial charge in [-0.15, -0.1) is 11.8 Å². The lowest BCUT2D eigenvalue weighted by Gasteiger charge is -2.44. The van der Waals surface area contributed by atoms with Gasteiger partial charge in [-0.25, -0.2) is 4.39 Å². The highest BCUT2D eigenvalue weighted by Crippen LogP contribution is 2.46. The predicted molar refractivity (Wildman–Crippen MR) is 105 cm³/mol. The summed E-state index contributed by atoms with van der Waals surface area (Å²) >= 11 is 1.64. The molecule has 0 atom stereocenters. The number of nitrogens with zero attached hydrogens (tertiary/aromatic N) is 2. The molecule has 0 saturated carbocycles. The Bertz CT molecular complexity index is 876. The Hall–Kier alpha value is -2.34. The summed E-state index contributed by atoms with van der Waals surface area (Å²) in [5, 5.41) is 0. The van der Waals surface area contributed by atoms with E-state index in [4.69, 9.17) is 0 Å². The van der Waals surface area contributed by atoms with E-state index in [9.17, 15) is 14.0 Å². The molecule has 6 heteroatoms. The molecule has 0 aliphatic carbocycles. The molecule has 0 N–H and O–H groups in total. The van der Waals surface area contributed by atoms with Gasteiger partial charge in [-0.1, -0.05) is 18.2 Å². The van der Waals surface area contributed by atoms with Crippen LogP contribution < -0.4 is 4.90 Å². The van der Waals surface area contributed by atoms with E-state index in [0.717, 1.165) is 16.8 Å². The predicted octanol–water partition coefficient (Wildman–Crippen LogP) is 3.85. The third kappa shape index (κ3) is 3.23. The van der Waals surface area contributed by atoms with Crippen LogP contribution in [0, 0.1) is 12.7 Å². The molecule has 0 bridgehead atoms. The second kappa shape index (κ2) is 7.00. The van der Waals surface area contributed by atoms with Crippen molar-refractivity contribution >= 4 is 29.3 Å². The molecule has 0 radical (unpaired) electrons. The summed E-state index contributed by atoms with van der Waals surface area (Å²) in [6, 6.07) is 13.7. The van der Waals surface area contributed by atoms with Gasteiger partial charge in [-0.3, -0.25) is 14.5 Å². The molecular weight excluding hydrogens is 363 g/mol. The number of hydrogen-bond donors (Lipinski definition) is 0. The molecular formula is C21H21FN2O2S. The van der Waals surface area contributed by atoms with Gasteiger partial charge in [0.1, 0.15) is 5.82 Å². The van der Waals surface area contributed by atoms with Gasteiger partial charge >= 0.3 is 0 Å². The lowest BCUT2D eigenvalue weighted by atomic mass is 9.99. The van der Waals surface area contributed by atoms with E-state index in [0.29, 0.717) is 31.7 Å². The standard InChI is InChI=1S/C21H21FN2O2S/c1-15-4-2-3-5-18(15)20(26)23-12-10-21(11-13-23)24(19(25)14-27-21)17-8-6-16(22)7-9-17/h2-9H,10-14H2,1H3. The Morgan fingerprint density at radius 3 is 2.41 bits per heavy atom. The van der Waals surface area contributed by atoms with Crippen LogP contribution in [0.2, 0.25) is 0 Å². The van der Waals surface area contributed by atoms with Crippen LogP contribution in [0.3, 0.4) is 0 Å². The molecule has 2 heterocycles. The van der Waals surface area contributed by atoms with E-state index >= 15 is 0 Å². The van der Waals surface area contributed by atoms with Gasteiger partial charge in [0.05, 0.1) is 10.6 Å². The van der Waals surface area contributed by atoms with E-state index in [2.05, 4.69) is 0 Å². The van der Waals surface area contributed by atoms with Gasteiger partial charge in [0.15, 0.2) is 0 Å². The van der Waals surface area contributed by atoms with E-state index in [1.54, 1.807) is 23.9 Å². The van der Waals surface area contributed by atoms with Crippen LogP contribution in [0.5, 0.6) is 0 Å². The second-order valence-electron chi connectivity index (χ2n) is 7.05. The number of anilines is 1. The first kappa shape index (κ1) is 18.0. The minimum atomic E-state index is -0.350. The largest absolute Gasteiger partial charge is 0.338 e. The van der Waals surface area contributed by atoms with Crippen LogP contribution in [0.1, 0.15) is 28.8 Å². The van der Waals surface area contributed by atoms with Crippen LogP contribution in [0.15, 0.2) is 48.5 Å². The molecule has 4 rings (SSSR count). The SMILES string of the molecule is Cc1ccccc1C(=O)N1CCC2(CC1)SCC(=O)N2c1ccc(F)cc1. The molecule has 2 fully saturated rings. The molecule has 2 amide bonds. The smallest absolute Gasteiger partial charge is 0.254 e. The van der Waals surface area contributed by atoms with Crippen molar-refractivity contribution in [2.75, 3.05) is 23.7 Å². The summed E-state index contributed by atoms with van der Waals surface area (Å²) in [7, 11) is 0. The molecule has 2 aromatic rings. The molecule has 140 valence electrons. The van der Waals surface area contributed by atoms with Gasteiger partial charge in [0, 0.05) is 24.3 Å². The van der Waals surface area contributed by atoms with Gasteiger partial charge in [0.2, 0.25) is 5.91 Å². The summed E-state index contributed by atoms with van der Waals surface area (Å²) in [6.07, 6.45) is 1.41. The Kier molecular flexibility index (Phi) is 4.68. The molecule has 0 aromatic heterocycles. The number of thioether (sulfide) groups is 1. The number of benzene rings is 2. The average Bonchev–Trinajstić information content (AvgIpc) is 2.99. The lowest BCUT2D eigenvalue weighted by Crippen LogP contribution is -2.53. The maximum atomic E-state index is 13.3. The zero-order valence-corrected chi connectivity index (χ0v) is 16.0. The summed E-state index contributed by atoms with van der Waals surface area (Å²) in [5.41, 5.74) is 2.44. The Morgan fingerprint density at radius 2 is 1.74 bits per heavy atom. The molecule has 4 nitrogen and oxygen atoms in total. The third-order valence-electron chi connectivity index (χ3n) is 5.41. The second-order valence-corrected chi connectivity index (χ2v) is 8.38. The zero-order valence-electron chi connectivity index (χ0n) is 15.2. The fraction of sp³-hybridized carbons (Fsp3) is 0.333. The van der Waals surface area contributed by atoms with E-state index in [-0.39, 0.29) is 22.5 Å². The molecule has 27 heavy (non-hydrogen) atoms. The first-order valence-electron chi connectivity index (χ1n) is 9.08. The molecule has 2 saturated heterocycles. The van der Waals surface area contributed by atoms with Crippen molar-refractivity contribution < 1.29 is 14.0 Å². The topological polar surface area (TPSA) is 40.6 Å². The number of piperidine rings is 1. The highest BCUT2D eigenvalue weighted by molar-refractivity contribution is 8.02. The number of amides is 2. The minimum absolute atomic E-state index is 0.0466. The van der Waals surface area contributed by atoms with E-state index < -0.39 is 0 Å². The number of rotatable bonds is 2. The first-order chi connectivity index (χ1) is 13.0. The first-order valence-corrected chi connectivity index (χ1v) is 10.1. The number of hydrogen-bond acceptors (Lipinski definition) is 3. The third-order valence-corrected chi connectivity index (χ3v) is 6.93. The van der Waals surface area contributed by atoms with Crippen molar-refractivity contribution in [2.24, 2.45) is 0 Å². The zero-order chi connectivity index (χ0) is 19.0. The van der Waals surface area contributed by atoms with Crippen molar-refractivity contribution in [2.45, 2.75) is 24.6 Å². The van der Waals surface area contributed by atoms with Crippen LogP contribution in [-0.4, -0.2) is 40.4 Å². The fourth-order valence-electron chi connectivity index (χ4n) is 3.93. The number of aryl methyl sites for hydroxylation is 1. The monoisotopic (exact) mass is 384 g/mol.